The van der Waals surface area contributed by atoms with Gasteiger partial charge in [0.1, 0.15) is 5.82 Å². The molecule has 1 aromatic rings. The van der Waals surface area contributed by atoms with Crippen LogP contribution in [0.15, 0.2) is 18.3 Å². The summed E-state index contributed by atoms with van der Waals surface area (Å²) in [5.74, 6) is 0.819. The fourth-order valence-corrected chi connectivity index (χ4v) is 2.50. The van der Waals surface area contributed by atoms with Crippen LogP contribution in [0.4, 0.5) is 11.5 Å². The maximum absolute atomic E-state index is 12.1. The van der Waals surface area contributed by atoms with E-state index in [1.807, 2.05) is 19.1 Å². The van der Waals surface area contributed by atoms with Crippen LogP contribution in [-0.4, -0.2) is 29.5 Å². The fourth-order valence-electron chi connectivity index (χ4n) is 2.50. The van der Waals surface area contributed by atoms with E-state index in [0.29, 0.717) is 12.1 Å². The van der Waals surface area contributed by atoms with Gasteiger partial charge in [-0.25, -0.2) is 4.98 Å². The van der Waals surface area contributed by atoms with E-state index in [9.17, 15) is 4.79 Å². The van der Waals surface area contributed by atoms with Gasteiger partial charge in [-0.2, -0.15) is 0 Å². The van der Waals surface area contributed by atoms with Crippen molar-refractivity contribution in [3.05, 3.63) is 18.3 Å². The van der Waals surface area contributed by atoms with Gasteiger partial charge in [0, 0.05) is 13.1 Å². The Bertz CT molecular complexity index is 455. The van der Waals surface area contributed by atoms with Crippen LogP contribution in [0, 0.1) is 0 Å². The van der Waals surface area contributed by atoms with Gasteiger partial charge < -0.3 is 16.0 Å². The third kappa shape index (κ3) is 4.58. The molecule has 1 fully saturated rings. The second-order valence-electron chi connectivity index (χ2n) is 5.72. The molecule has 118 valence electrons. The number of amides is 1. The normalized spacial score (nSPS) is 17.0. The number of nitrogens with one attached hydrogen (secondary N) is 1. The van der Waals surface area contributed by atoms with E-state index in [2.05, 4.69) is 15.2 Å². The van der Waals surface area contributed by atoms with Crippen LogP contribution in [0.3, 0.4) is 0 Å². The molecule has 0 aliphatic carbocycles. The molecule has 1 aliphatic heterocycles. The van der Waals surface area contributed by atoms with Gasteiger partial charge in [-0.15, -0.1) is 12.4 Å². The minimum atomic E-state index is -0.831. The molecule has 5 nitrogen and oxygen atoms in total. The van der Waals surface area contributed by atoms with E-state index in [1.165, 1.54) is 12.8 Å². The first-order valence-electron chi connectivity index (χ1n) is 7.34. The van der Waals surface area contributed by atoms with Gasteiger partial charge in [-0.1, -0.05) is 13.3 Å². The molecule has 2 rings (SSSR count). The average molecular weight is 313 g/mol. The Balaban J connectivity index is 0.00000220. The van der Waals surface area contributed by atoms with Gasteiger partial charge in [0.05, 0.1) is 17.4 Å². The number of carbonyl (C=O) groups is 1. The van der Waals surface area contributed by atoms with E-state index < -0.39 is 5.54 Å². The molecule has 1 saturated heterocycles. The van der Waals surface area contributed by atoms with Gasteiger partial charge in [0.15, 0.2) is 0 Å². The summed E-state index contributed by atoms with van der Waals surface area (Å²) in [5, 5.41) is 2.84. The zero-order chi connectivity index (χ0) is 14.6. The highest BCUT2D eigenvalue weighted by Crippen LogP contribution is 2.20. The van der Waals surface area contributed by atoms with Crippen LogP contribution in [0.5, 0.6) is 0 Å². The third-order valence-corrected chi connectivity index (χ3v) is 3.72. The topological polar surface area (TPSA) is 71.2 Å². The number of halogens is 1. The largest absolute Gasteiger partial charge is 0.357 e. The maximum Gasteiger partial charge on any atom is 0.244 e. The summed E-state index contributed by atoms with van der Waals surface area (Å²) in [6.45, 7) is 5.91. The zero-order valence-corrected chi connectivity index (χ0v) is 13.6. The van der Waals surface area contributed by atoms with E-state index in [4.69, 9.17) is 5.73 Å². The summed E-state index contributed by atoms with van der Waals surface area (Å²) in [5.41, 5.74) is 5.88. The summed E-state index contributed by atoms with van der Waals surface area (Å²) in [4.78, 5) is 18.8. The van der Waals surface area contributed by atoms with Crippen molar-refractivity contribution in [1.82, 2.24) is 4.98 Å². The molecule has 3 N–H and O–H groups in total. The van der Waals surface area contributed by atoms with Gasteiger partial charge in [-0.05, 0) is 38.3 Å². The number of hydrogen-bond donors (Lipinski definition) is 2. The maximum atomic E-state index is 12.1. The number of rotatable bonds is 5. The van der Waals surface area contributed by atoms with Crippen molar-refractivity contribution in [3.63, 3.8) is 0 Å². The quantitative estimate of drug-likeness (QED) is 0.876. The highest BCUT2D eigenvalue weighted by Gasteiger charge is 2.27. The third-order valence-electron chi connectivity index (χ3n) is 3.72. The first kappa shape index (κ1) is 17.7. The molecule has 0 saturated carbocycles. The van der Waals surface area contributed by atoms with Crippen molar-refractivity contribution in [2.45, 2.75) is 45.1 Å². The fraction of sp³-hybridized carbons (Fsp3) is 0.600. The number of nitrogens with zero attached hydrogens (tertiary/aromatic N) is 2. The predicted octanol–water partition coefficient (Wildman–Crippen LogP) is 2.56. The van der Waals surface area contributed by atoms with Crippen molar-refractivity contribution in [3.8, 4) is 0 Å². The van der Waals surface area contributed by atoms with Gasteiger partial charge in [0.2, 0.25) is 5.91 Å². The first-order chi connectivity index (χ1) is 9.53. The van der Waals surface area contributed by atoms with E-state index in [0.717, 1.165) is 25.3 Å². The number of pyridine rings is 1. The lowest BCUT2D eigenvalue weighted by Crippen LogP contribution is -2.48. The lowest BCUT2D eigenvalue weighted by atomic mass is 9.96. The summed E-state index contributed by atoms with van der Waals surface area (Å²) in [7, 11) is 0. The molecule has 0 spiro atoms. The summed E-state index contributed by atoms with van der Waals surface area (Å²) < 4.78 is 0. The predicted molar refractivity (Wildman–Crippen MR) is 89.1 cm³/mol. The molecule has 1 amide bonds. The Kier molecular flexibility index (Phi) is 6.42. The summed E-state index contributed by atoms with van der Waals surface area (Å²) >= 11 is 0. The Hall–Kier alpha value is -1.33. The lowest BCUT2D eigenvalue weighted by Gasteiger charge is -2.23. The van der Waals surface area contributed by atoms with E-state index in [-0.39, 0.29) is 18.3 Å². The van der Waals surface area contributed by atoms with Crippen LogP contribution in [0.1, 0.15) is 39.5 Å². The number of anilines is 2. The highest BCUT2D eigenvalue weighted by atomic mass is 35.5. The summed E-state index contributed by atoms with van der Waals surface area (Å²) in [6, 6.07) is 3.84. The zero-order valence-electron chi connectivity index (χ0n) is 12.8. The molecule has 1 atom stereocenters. The standard InChI is InChI=1S/C15H24N4O.ClH/c1-3-8-15(2,16)14(20)18-12-6-7-13(17-11-12)19-9-4-5-10-19;/h6-7,11H,3-5,8-10,16H2,1-2H3,(H,18,20);1H. The summed E-state index contributed by atoms with van der Waals surface area (Å²) in [6.07, 6.45) is 5.70. The minimum absolute atomic E-state index is 0. The molecule has 0 bridgehead atoms. The number of carbonyl (C=O) groups excluding carboxylic acids is 1. The first-order valence-corrected chi connectivity index (χ1v) is 7.34. The molecule has 0 radical (unpaired) electrons. The van der Waals surface area contributed by atoms with Crippen LogP contribution in [0.25, 0.3) is 0 Å². The van der Waals surface area contributed by atoms with Crippen molar-refractivity contribution >= 4 is 29.8 Å². The van der Waals surface area contributed by atoms with Crippen molar-refractivity contribution < 1.29 is 4.79 Å². The number of aromatic nitrogens is 1. The molecule has 1 aromatic heterocycles. The van der Waals surface area contributed by atoms with Crippen LogP contribution >= 0.6 is 12.4 Å². The minimum Gasteiger partial charge on any atom is -0.357 e. The molecule has 0 aromatic carbocycles. The van der Waals surface area contributed by atoms with Crippen molar-refractivity contribution in [2.75, 3.05) is 23.3 Å². The van der Waals surface area contributed by atoms with E-state index >= 15 is 0 Å². The monoisotopic (exact) mass is 312 g/mol. The van der Waals surface area contributed by atoms with Gasteiger partial charge >= 0.3 is 0 Å². The Morgan fingerprint density at radius 1 is 1.43 bits per heavy atom. The van der Waals surface area contributed by atoms with Crippen molar-refractivity contribution in [1.29, 1.82) is 0 Å². The number of hydrogen-bond acceptors (Lipinski definition) is 4. The molecule has 1 aliphatic rings. The Morgan fingerprint density at radius 2 is 2.10 bits per heavy atom. The van der Waals surface area contributed by atoms with Crippen LogP contribution in [0.2, 0.25) is 0 Å². The molecule has 21 heavy (non-hydrogen) atoms. The SMILES string of the molecule is CCCC(C)(N)C(=O)Nc1ccc(N2CCCC2)nc1.Cl. The molecule has 2 heterocycles. The van der Waals surface area contributed by atoms with E-state index in [1.54, 1.807) is 13.1 Å². The van der Waals surface area contributed by atoms with Crippen molar-refractivity contribution in [2.24, 2.45) is 5.73 Å². The average Bonchev–Trinajstić information content (AvgIpc) is 2.93. The Labute approximate surface area is 132 Å². The molecular weight excluding hydrogens is 288 g/mol. The second-order valence-corrected chi connectivity index (χ2v) is 5.72. The highest BCUT2D eigenvalue weighted by molar-refractivity contribution is 5.97. The molecule has 1 unspecified atom stereocenters. The van der Waals surface area contributed by atoms with Crippen LogP contribution in [-0.2, 0) is 4.79 Å². The second kappa shape index (κ2) is 7.61. The number of nitrogens with two attached hydrogens (primary N) is 1. The lowest BCUT2D eigenvalue weighted by molar-refractivity contribution is -0.120. The van der Waals surface area contributed by atoms with Gasteiger partial charge in [-0.3, -0.25) is 4.79 Å². The Morgan fingerprint density at radius 3 is 2.62 bits per heavy atom. The van der Waals surface area contributed by atoms with Crippen LogP contribution < -0.4 is 16.0 Å². The molecule has 6 heteroatoms. The molecular formula is C15H25ClN4O. The van der Waals surface area contributed by atoms with Gasteiger partial charge in [0.25, 0.3) is 0 Å². The smallest absolute Gasteiger partial charge is 0.244 e.